The van der Waals surface area contributed by atoms with E-state index in [1.807, 2.05) is 11.3 Å². The van der Waals surface area contributed by atoms with Crippen LogP contribution in [-0.4, -0.2) is 24.1 Å². The Hall–Kier alpha value is -0.610. The Morgan fingerprint density at radius 2 is 1.79 bits per heavy atom. The molecule has 1 aromatic rings. The number of nitrogens with one attached hydrogen (secondary N) is 1. The maximum atomic E-state index is 4.86. The van der Waals surface area contributed by atoms with Crippen molar-refractivity contribution in [2.75, 3.05) is 18.0 Å². The van der Waals surface area contributed by atoms with Gasteiger partial charge in [0.1, 0.15) is 0 Å². The third-order valence-corrected chi connectivity index (χ3v) is 4.65. The van der Waals surface area contributed by atoms with Crippen LogP contribution in [0.5, 0.6) is 0 Å². The van der Waals surface area contributed by atoms with Gasteiger partial charge in [0.25, 0.3) is 0 Å². The van der Waals surface area contributed by atoms with Crippen molar-refractivity contribution >= 4 is 16.5 Å². The Morgan fingerprint density at radius 3 is 2.26 bits per heavy atom. The van der Waals surface area contributed by atoms with Crippen LogP contribution in [0.1, 0.15) is 64.5 Å². The zero-order chi connectivity index (χ0) is 14.4. The van der Waals surface area contributed by atoms with Crippen LogP contribution in [0.2, 0.25) is 0 Å². The van der Waals surface area contributed by atoms with E-state index in [-0.39, 0.29) is 0 Å². The predicted molar refractivity (Wildman–Crippen MR) is 86.4 cm³/mol. The summed E-state index contributed by atoms with van der Waals surface area (Å²) in [6.45, 7) is 16.3. The lowest BCUT2D eigenvalue weighted by Gasteiger charge is -2.16. The van der Waals surface area contributed by atoms with Gasteiger partial charge in [-0.3, -0.25) is 0 Å². The molecule has 1 aromatic heterocycles. The van der Waals surface area contributed by atoms with Gasteiger partial charge in [0.05, 0.1) is 5.69 Å². The fourth-order valence-electron chi connectivity index (χ4n) is 1.97. The second kappa shape index (κ2) is 7.85. The topological polar surface area (TPSA) is 28.2 Å². The highest BCUT2D eigenvalue weighted by atomic mass is 32.1. The number of hydrogen-bond acceptors (Lipinski definition) is 4. The molecule has 4 heteroatoms. The van der Waals surface area contributed by atoms with E-state index in [4.69, 9.17) is 4.98 Å². The molecule has 0 fully saturated rings. The molecule has 1 atom stereocenters. The van der Waals surface area contributed by atoms with Crippen LogP contribution in [0.15, 0.2) is 0 Å². The molecule has 0 spiro atoms. The molecule has 1 N–H and O–H groups in total. The molecule has 1 heterocycles. The van der Waals surface area contributed by atoms with E-state index in [2.05, 4.69) is 51.8 Å². The van der Waals surface area contributed by atoms with Gasteiger partial charge in [-0.1, -0.05) is 20.8 Å². The van der Waals surface area contributed by atoms with Crippen LogP contribution in [-0.2, 0) is 6.54 Å². The number of nitrogens with zero attached hydrogens (tertiary/aromatic N) is 2. The molecular formula is C15H29N3S. The van der Waals surface area contributed by atoms with E-state index < -0.39 is 0 Å². The smallest absolute Gasteiger partial charge is 0.185 e. The maximum Gasteiger partial charge on any atom is 0.185 e. The lowest BCUT2D eigenvalue weighted by atomic mass is 10.1. The fourth-order valence-corrected chi connectivity index (χ4v) is 3.26. The van der Waals surface area contributed by atoms with Crippen molar-refractivity contribution in [2.24, 2.45) is 0 Å². The Morgan fingerprint density at radius 1 is 1.16 bits per heavy atom. The van der Waals surface area contributed by atoms with Gasteiger partial charge >= 0.3 is 0 Å². The van der Waals surface area contributed by atoms with Gasteiger partial charge < -0.3 is 10.2 Å². The summed E-state index contributed by atoms with van der Waals surface area (Å²) >= 11 is 1.85. The minimum Gasteiger partial charge on any atom is -0.349 e. The summed E-state index contributed by atoms with van der Waals surface area (Å²) in [6.07, 6.45) is 1.17. The largest absolute Gasteiger partial charge is 0.349 e. The monoisotopic (exact) mass is 283 g/mol. The van der Waals surface area contributed by atoms with Crippen molar-refractivity contribution in [1.29, 1.82) is 0 Å². The van der Waals surface area contributed by atoms with Gasteiger partial charge in [0, 0.05) is 30.6 Å². The second-order valence-corrected chi connectivity index (χ2v) is 6.38. The molecule has 1 rings (SSSR count). The first-order valence-corrected chi connectivity index (χ1v) is 8.32. The highest BCUT2D eigenvalue weighted by Gasteiger charge is 2.17. The quantitative estimate of drug-likeness (QED) is 0.781. The molecule has 0 aromatic carbocycles. The molecule has 0 radical (unpaired) electrons. The number of rotatable bonds is 8. The van der Waals surface area contributed by atoms with Gasteiger partial charge in [-0.25, -0.2) is 4.98 Å². The average Bonchev–Trinajstić information content (AvgIpc) is 2.81. The lowest BCUT2D eigenvalue weighted by Crippen LogP contribution is -2.24. The van der Waals surface area contributed by atoms with Gasteiger partial charge in [0.2, 0.25) is 0 Å². The molecule has 19 heavy (non-hydrogen) atoms. The molecule has 0 bridgehead atoms. The normalized spacial score (nSPS) is 13.0. The zero-order valence-electron chi connectivity index (χ0n) is 13.3. The molecule has 0 aliphatic heterocycles. The van der Waals surface area contributed by atoms with Crippen LogP contribution in [0, 0.1) is 0 Å². The Kier molecular flexibility index (Phi) is 6.80. The van der Waals surface area contributed by atoms with Crippen molar-refractivity contribution in [3.8, 4) is 0 Å². The van der Waals surface area contributed by atoms with Gasteiger partial charge in [-0.2, -0.15) is 0 Å². The van der Waals surface area contributed by atoms with Crippen molar-refractivity contribution < 1.29 is 0 Å². The summed E-state index contributed by atoms with van der Waals surface area (Å²) in [5, 5.41) is 4.76. The third kappa shape index (κ3) is 4.46. The van der Waals surface area contributed by atoms with E-state index >= 15 is 0 Å². The molecule has 0 saturated carbocycles. The molecule has 1 unspecified atom stereocenters. The van der Waals surface area contributed by atoms with Crippen LogP contribution in [0.4, 0.5) is 5.13 Å². The van der Waals surface area contributed by atoms with E-state index in [1.165, 1.54) is 22.1 Å². The van der Waals surface area contributed by atoms with Crippen molar-refractivity contribution in [3.63, 3.8) is 0 Å². The molecule has 3 nitrogen and oxygen atoms in total. The fraction of sp³-hybridized carbons (Fsp3) is 0.800. The van der Waals surface area contributed by atoms with Crippen molar-refractivity contribution in [1.82, 2.24) is 10.3 Å². The third-order valence-electron chi connectivity index (χ3n) is 3.52. The molecule has 0 aliphatic rings. The standard InChI is InChI=1S/C15H29N3S/c1-7-12(6)16-10-13-14(11(4)5)17-15(19-13)18(8-2)9-3/h11-12,16H,7-10H2,1-6H3. The number of hydrogen-bond donors (Lipinski definition) is 1. The van der Waals surface area contributed by atoms with Crippen LogP contribution < -0.4 is 10.2 Å². The first-order chi connectivity index (χ1) is 9.03. The SMILES string of the molecule is CCC(C)NCc1sc(N(CC)CC)nc1C(C)C. The summed E-state index contributed by atoms with van der Waals surface area (Å²) < 4.78 is 0. The summed E-state index contributed by atoms with van der Waals surface area (Å²) in [5.41, 5.74) is 1.27. The molecule has 0 aliphatic carbocycles. The van der Waals surface area contributed by atoms with Gasteiger partial charge in [-0.15, -0.1) is 11.3 Å². The Bertz CT molecular complexity index is 369. The Labute approximate surface area is 122 Å². The van der Waals surface area contributed by atoms with Crippen LogP contribution in [0.25, 0.3) is 0 Å². The average molecular weight is 283 g/mol. The van der Waals surface area contributed by atoms with Gasteiger partial charge in [-0.05, 0) is 33.1 Å². The van der Waals surface area contributed by atoms with Gasteiger partial charge in [0.15, 0.2) is 5.13 Å². The first-order valence-electron chi connectivity index (χ1n) is 7.51. The summed E-state index contributed by atoms with van der Waals surface area (Å²) in [5.74, 6) is 0.495. The van der Waals surface area contributed by atoms with E-state index in [9.17, 15) is 0 Å². The highest BCUT2D eigenvalue weighted by Crippen LogP contribution is 2.30. The molecular weight excluding hydrogens is 254 g/mol. The van der Waals surface area contributed by atoms with Crippen molar-refractivity contribution in [3.05, 3.63) is 10.6 Å². The van der Waals surface area contributed by atoms with E-state index in [1.54, 1.807) is 0 Å². The summed E-state index contributed by atoms with van der Waals surface area (Å²) in [4.78, 5) is 8.60. The zero-order valence-corrected chi connectivity index (χ0v) is 14.1. The second-order valence-electron chi connectivity index (χ2n) is 5.32. The maximum absolute atomic E-state index is 4.86. The van der Waals surface area contributed by atoms with Crippen molar-refractivity contribution in [2.45, 2.75) is 66.5 Å². The highest BCUT2D eigenvalue weighted by molar-refractivity contribution is 7.15. The summed E-state index contributed by atoms with van der Waals surface area (Å²) in [7, 11) is 0. The lowest BCUT2D eigenvalue weighted by molar-refractivity contribution is 0.534. The minimum absolute atomic E-state index is 0.495. The van der Waals surface area contributed by atoms with Crippen LogP contribution >= 0.6 is 11.3 Å². The molecule has 110 valence electrons. The first kappa shape index (κ1) is 16.4. The minimum atomic E-state index is 0.495. The summed E-state index contributed by atoms with van der Waals surface area (Å²) in [6, 6.07) is 0.569. The molecule has 0 amide bonds. The van der Waals surface area contributed by atoms with Crippen LogP contribution in [0.3, 0.4) is 0 Å². The predicted octanol–water partition coefficient (Wildman–Crippen LogP) is 4.00. The number of thiazole rings is 1. The van der Waals surface area contributed by atoms with E-state index in [0.29, 0.717) is 12.0 Å². The Balaban J connectivity index is 2.88. The number of anilines is 1. The number of aromatic nitrogens is 1. The van der Waals surface area contributed by atoms with E-state index in [0.717, 1.165) is 19.6 Å². The molecule has 0 saturated heterocycles.